The minimum atomic E-state index is -0.975. The molecule has 0 aromatic carbocycles. The van der Waals surface area contributed by atoms with Gasteiger partial charge in [0.2, 0.25) is 0 Å². The molecular formula is C11H15NO3. The van der Waals surface area contributed by atoms with Crippen molar-refractivity contribution in [2.24, 2.45) is 5.41 Å². The summed E-state index contributed by atoms with van der Waals surface area (Å²) < 4.78 is 1.59. The largest absolute Gasteiger partial charge is 0.478 e. The Hall–Kier alpha value is -1.58. The third-order valence-electron chi connectivity index (χ3n) is 2.16. The lowest BCUT2D eigenvalue weighted by molar-refractivity contribution is -0.126. The Bertz CT molecular complexity index is 385. The van der Waals surface area contributed by atoms with E-state index in [1.54, 1.807) is 10.8 Å². The third kappa shape index (κ3) is 2.94. The van der Waals surface area contributed by atoms with E-state index in [-0.39, 0.29) is 17.9 Å². The van der Waals surface area contributed by atoms with E-state index < -0.39 is 11.4 Å². The van der Waals surface area contributed by atoms with Crippen LogP contribution in [0.3, 0.4) is 0 Å². The van der Waals surface area contributed by atoms with Gasteiger partial charge in [0, 0.05) is 17.8 Å². The fraction of sp³-hybridized carbons (Fsp3) is 0.455. The fourth-order valence-electron chi connectivity index (χ4n) is 1.07. The van der Waals surface area contributed by atoms with Crippen LogP contribution in [-0.2, 0) is 11.3 Å². The first-order valence-corrected chi connectivity index (χ1v) is 4.73. The minimum Gasteiger partial charge on any atom is -0.478 e. The molecule has 0 amide bonds. The zero-order valence-electron chi connectivity index (χ0n) is 9.15. The van der Waals surface area contributed by atoms with Crippen LogP contribution in [0.4, 0.5) is 0 Å². The first-order valence-electron chi connectivity index (χ1n) is 4.73. The molecule has 0 saturated carbocycles. The van der Waals surface area contributed by atoms with Gasteiger partial charge in [0.1, 0.15) is 0 Å². The number of carboxylic acid groups (broad SMARTS) is 1. The lowest BCUT2D eigenvalue weighted by Gasteiger charge is -2.16. The van der Waals surface area contributed by atoms with Gasteiger partial charge in [0.15, 0.2) is 5.78 Å². The Morgan fingerprint density at radius 2 is 2.00 bits per heavy atom. The highest BCUT2D eigenvalue weighted by Crippen LogP contribution is 2.16. The zero-order chi connectivity index (χ0) is 11.6. The number of aromatic nitrogens is 1. The summed E-state index contributed by atoms with van der Waals surface area (Å²) in [6.45, 7) is 5.75. The molecule has 0 saturated heterocycles. The van der Waals surface area contributed by atoms with Gasteiger partial charge in [0.25, 0.3) is 0 Å². The predicted molar refractivity (Wildman–Crippen MR) is 55.9 cm³/mol. The summed E-state index contributed by atoms with van der Waals surface area (Å²) in [6, 6.07) is 1.48. The molecule has 4 nitrogen and oxygen atoms in total. The molecule has 1 aromatic rings. The molecule has 0 radical (unpaired) electrons. The smallest absolute Gasteiger partial charge is 0.337 e. The molecule has 1 N–H and O–H groups in total. The average molecular weight is 209 g/mol. The lowest BCUT2D eigenvalue weighted by atomic mass is 9.91. The number of aromatic carboxylic acids is 1. The standard InChI is InChI=1S/C11H15NO3/c1-11(2,3)9(13)7-12-5-4-8(6-12)10(14)15/h4-6H,7H2,1-3H3,(H,14,15). The monoisotopic (exact) mass is 209 g/mol. The van der Waals surface area contributed by atoms with Crippen LogP contribution in [0.5, 0.6) is 0 Å². The van der Waals surface area contributed by atoms with Gasteiger partial charge in [-0.1, -0.05) is 20.8 Å². The summed E-state index contributed by atoms with van der Waals surface area (Å²) in [6.07, 6.45) is 3.07. The maximum absolute atomic E-state index is 11.6. The summed E-state index contributed by atoms with van der Waals surface area (Å²) in [5.41, 5.74) is -0.190. The molecule has 0 atom stereocenters. The van der Waals surface area contributed by atoms with Crippen molar-refractivity contribution in [3.05, 3.63) is 24.0 Å². The van der Waals surface area contributed by atoms with E-state index in [0.29, 0.717) is 0 Å². The third-order valence-corrected chi connectivity index (χ3v) is 2.16. The van der Waals surface area contributed by atoms with Gasteiger partial charge in [0.05, 0.1) is 12.1 Å². The Morgan fingerprint density at radius 3 is 2.40 bits per heavy atom. The Labute approximate surface area is 88.5 Å². The van der Waals surface area contributed by atoms with E-state index in [2.05, 4.69) is 0 Å². The van der Waals surface area contributed by atoms with Gasteiger partial charge >= 0.3 is 5.97 Å². The molecule has 4 heteroatoms. The molecule has 0 aliphatic heterocycles. The first-order chi connectivity index (χ1) is 6.80. The minimum absolute atomic E-state index is 0.0787. The molecule has 0 bridgehead atoms. The number of nitrogens with zero attached hydrogens (tertiary/aromatic N) is 1. The second-order valence-corrected chi connectivity index (χ2v) is 4.55. The Kier molecular flexibility index (Phi) is 2.98. The van der Waals surface area contributed by atoms with Crippen LogP contribution in [0.2, 0.25) is 0 Å². The molecule has 0 aliphatic carbocycles. The topological polar surface area (TPSA) is 59.3 Å². The number of ketones is 1. The molecule has 0 spiro atoms. The van der Waals surface area contributed by atoms with Crippen LogP contribution in [0, 0.1) is 5.41 Å². The van der Waals surface area contributed by atoms with Gasteiger partial charge in [-0.05, 0) is 6.07 Å². The molecule has 1 aromatic heterocycles. The Balaban J connectivity index is 2.74. The quantitative estimate of drug-likeness (QED) is 0.825. The highest BCUT2D eigenvalue weighted by molar-refractivity contribution is 5.88. The predicted octanol–water partition coefficient (Wildman–Crippen LogP) is 1.80. The maximum Gasteiger partial charge on any atom is 0.337 e. The first kappa shape index (κ1) is 11.5. The van der Waals surface area contributed by atoms with Gasteiger partial charge in [-0.15, -0.1) is 0 Å². The van der Waals surface area contributed by atoms with E-state index in [1.165, 1.54) is 12.3 Å². The molecule has 0 aliphatic rings. The number of carbonyl (C=O) groups excluding carboxylic acids is 1. The van der Waals surface area contributed by atoms with Crippen LogP contribution in [0.25, 0.3) is 0 Å². The summed E-state index contributed by atoms with van der Waals surface area (Å²) >= 11 is 0. The van der Waals surface area contributed by atoms with E-state index >= 15 is 0 Å². The molecule has 82 valence electrons. The number of carbonyl (C=O) groups is 2. The van der Waals surface area contributed by atoms with Crippen LogP contribution >= 0.6 is 0 Å². The molecular weight excluding hydrogens is 194 g/mol. The second kappa shape index (κ2) is 3.88. The Morgan fingerprint density at radius 1 is 1.40 bits per heavy atom. The number of carboxylic acids is 1. The van der Waals surface area contributed by atoms with Crippen molar-refractivity contribution in [2.75, 3.05) is 0 Å². The van der Waals surface area contributed by atoms with Gasteiger partial charge < -0.3 is 9.67 Å². The summed E-state index contributed by atoms with van der Waals surface area (Å²) in [4.78, 5) is 22.2. The van der Waals surface area contributed by atoms with Crippen LogP contribution in [-0.4, -0.2) is 21.4 Å². The number of hydrogen-bond acceptors (Lipinski definition) is 2. The van der Waals surface area contributed by atoms with Crippen molar-refractivity contribution in [2.45, 2.75) is 27.3 Å². The molecule has 15 heavy (non-hydrogen) atoms. The highest BCUT2D eigenvalue weighted by atomic mass is 16.4. The van der Waals surface area contributed by atoms with Gasteiger partial charge in [-0.25, -0.2) is 4.79 Å². The van der Waals surface area contributed by atoms with Crippen LogP contribution in [0.1, 0.15) is 31.1 Å². The van der Waals surface area contributed by atoms with E-state index in [0.717, 1.165) is 0 Å². The molecule has 1 rings (SSSR count). The zero-order valence-corrected chi connectivity index (χ0v) is 9.15. The van der Waals surface area contributed by atoms with Crippen molar-refractivity contribution in [3.8, 4) is 0 Å². The summed E-state index contributed by atoms with van der Waals surface area (Å²) in [5, 5.41) is 8.69. The van der Waals surface area contributed by atoms with Crippen LogP contribution < -0.4 is 0 Å². The van der Waals surface area contributed by atoms with Crippen molar-refractivity contribution in [3.63, 3.8) is 0 Å². The van der Waals surface area contributed by atoms with Crippen molar-refractivity contribution in [1.29, 1.82) is 0 Å². The summed E-state index contributed by atoms with van der Waals surface area (Å²) in [7, 11) is 0. The number of hydrogen-bond donors (Lipinski definition) is 1. The SMILES string of the molecule is CC(C)(C)C(=O)Cn1ccc(C(=O)O)c1. The highest BCUT2D eigenvalue weighted by Gasteiger charge is 2.21. The normalized spacial score (nSPS) is 11.4. The molecule has 1 heterocycles. The number of Topliss-reactive ketones (excluding diaryl/α,β-unsaturated/α-hetero) is 1. The van der Waals surface area contributed by atoms with Gasteiger partial charge in [-0.2, -0.15) is 0 Å². The van der Waals surface area contributed by atoms with E-state index in [1.807, 2.05) is 20.8 Å². The number of rotatable bonds is 3. The molecule has 0 unspecified atom stereocenters. The molecule has 0 fully saturated rings. The van der Waals surface area contributed by atoms with E-state index in [9.17, 15) is 9.59 Å². The van der Waals surface area contributed by atoms with Crippen molar-refractivity contribution < 1.29 is 14.7 Å². The second-order valence-electron chi connectivity index (χ2n) is 4.55. The van der Waals surface area contributed by atoms with E-state index in [4.69, 9.17) is 5.11 Å². The van der Waals surface area contributed by atoms with Crippen LogP contribution in [0.15, 0.2) is 18.5 Å². The van der Waals surface area contributed by atoms with Gasteiger partial charge in [-0.3, -0.25) is 4.79 Å². The van der Waals surface area contributed by atoms with Crippen molar-refractivity contribution in [1.82, 2.24) is 4.57 Å². The lowest BCUT2D eigenvalue weighted by Crippen LogP contribution is -2.24. The average Bonchev–Trinajstić information content (AvgIpc) is 2.50. The maximum atomic E-state index is 11.6. The van der Waals surface area contributed by atoms with Crippen molar-refractivity contribution >= 4 is 11.8 Å². The summed E-state index contributed by atoms with van der Waals surface area (Å²) in [5.74, 6) is -0.896. The fourth-order valence-corrected chi connectivity index (χ4v) is 1.07.